The van der Waals surface area contributed by atoms with E-state index in [1.165, 1.54) is 12.1 Å². The number of alkyl halides is 3. The molecule has 130 valence electrons. The van der Waals surface area contributed by atoms with E-state index in [-0.39, 0.29) is 0 Å². The lowest BCUT2D eigenvalue weighted by Gasteiger charge is -2.15. The molecule has 1 amide bonds. The van der Waals surface area contributed by atoms with Crippen LogP contribution in [0.2, 0.25) is 0 Å². The van der Waals surface area contributed by atoms with Crippen LogP contribution in [-0.2, 0) is 11.0 Å². The lowest BCUT2D eigenvalue weighted by Crippen LogP contribution is -2.36. The first-order valence-electron chi connectivity index (χ1n) is 7.91. The van der Waals surface area contributed by atoms with Crippen LogP contribution >= 0.6 is 0 Å². The lowest BCUT2D eigenvalue weighted by atomic mass is 9.96. The van der Waals surface area contributed by atoms with Crippen molar-refractivity contribution in [2.75, 3.05) is 0 Å². The van der Waals surface area contributed by atoms with Gasteiger partial charge in [-0.1, -0.05) is 42.5 Å². The molecule has 0 aromatic heterocycles. The summed E-state index contributed by atoms with van der Waals surface area (Å²) in [6.45, 7) is 0. The second kappa shape index (κ2) is 5.43. The van der Waals surface area contributed by atoms with Crippen molar-refractivity contribution in [3.63, 3.8) is 0 Å². The van der Waals surface area contributed by atoms with Gasteiger partial charge in [0.2, 0.25) is 0 Å². The Balaban J connectivity index is 1.75. The van der Waals surface area contributed by atoms with E-state index in [1.807, 2.05) is 30.3 Å². The number of fused-ring (bicyclic) bond motifs is 1. The highest BCUT2D eigenvalue weighted by molar-refractivity contribution is 6.14. The van der Waals surface area contributed by atoms with Gasteiger partial charge in [0.05, 0.1) is 17.3 Å². The molecule has 0 unspecified atom stereocenters. The van der Waals surface area contributed by atoms with Crippen molar-refractivity contribution in [1.29, 1.82) is 5.26 Å². The number of rotatable bonds is 2. The van der Waals surface area contributed by atoms with Gasteiger partial charge in [-0.25, -0.2) is 5.43 Å². The first kappa shape index (κ1) is 16.3. The fourth-order valence-corrected chi connectivity index (χ4v) is 3.69. The summed E-state index contributed by atoms with van der Waals surface area (Å²) in [5.74, 6) is -1.54. The van der Waals surface area contributed by atoms with Gasteiger partial charge in [0.15, 0.2) is 5.41 Å². The predicted octanol–water partition coefficient (Wildman–Crippen LogP) is 3.46. The molecule has 0 bridgehead atoms. The van der Waals surface area contributed by atoms with Crippen LogP contribution in [0, 0.1) is 22.7 Å². The first-order chi connectivity index (χ1) is 12.4. The van der Waals surface area contributed by atoms with Crippen molar-refractivity contribution < 1.29 is 18.0 Å². The third-order valence-corrected chi connectivity index (χ3v) is 5.01. The van der Waals surface area contributed by atoms with E-state index >= 15 is 0 Å². The molecule has 2 aliphatic rings. The molecule has 4 nitrogen and oxygen atoms in total. The van der Waals surface area contributed by atoms with Crippen LogP contribution in [0.4, 0.5) is 13.2 Å². The molecule has 4 rings (SSSR count). The molecule has 1 aliphatic carbocycles. The quantitative estimate of drug-likeness (QED) is 0.897. The number of hydrazone groups is 1. The number of halogens is 3. The van der Waals surface area contributed by atoms with Gasteiger partial charge < -0.3 is 0 Å². The Morgan fingerprint density at radius 3 is 2.27 bits per heavy atom. The molecular weight excluding hydrogens is 343 g/mol. The minimum Gasteiger partial charge on any atom is -0.271 e. The highest BCUT2D eigenvalue weighted by atomic mass is 19.4. The van der Waals surface area contributed by atoms with E-state index in [0.717, 1.165) is 17.7 Å². The second-order valence-electron chi connectivity index (χ2n) is 6.36. The number of hydrogen-bond acceptors (Lipinski definition) is 3. The highest BCUT2D eigenvalue weighted by Gasteiger charge is 2.74. The maximum Gasteiger partial charge on any atom is 0.416 e. The Morgan fingerprint density at radius 1 is 1.04 bits per heavy atom. The number of nitriles is 1. The van der Waals surface area contributed by atoms with E-state index in [2.05, 4.69) is 16.6 Å². The number of carbonyl (C=O) groups excluding carboxylic acids is 1. The van der Waals surface area contributed by atoms with Crippen molar-refractivity contribution in [3.05, 3.63) is 71.3 Å². The number of amides is 1. The van der Waals surface area contributed by atoms with Crippen LogP contribution in [0.3, 0.4) is 0 Å². The van der Waals surface area contributed by atoms with Gasteiger partial charge in [0, 0.05) is 11.8 Å². The number of benzene rings is 2. The Kier molecular flexibility index (Phi) is 3.41. The largest absolute Gasteiger partial charge is 0.416 e. The van der Waals surface area contributed by atoms with E-state index in [4.69, 9.17) is 0 Å². The zero-order valence-corrected chi connectivity index (χ0v) is 13.3. The van der Waals surface area contributed by atoms with Crippen molar-refractivity contribution >= 4 is 11.6 Å². The summed E-state index contributed by atoms with van der Waals surface area (Å²) in [6.07, 6.45) is -4.43. The smallest absolute Gasteiger partial charge is 0.271 e. The van der Waals surface area contributed by atoms with Gasteiger partial charge in [-0.05, 0) is 23.3 Å². The van der Waals surface area contributed by atoms with Gasteiger partial charge in [-0.15, -0.1) is 0 Å². The average Bonchev–Trinajstić information content (AvgIpc) is 3.33. The Morgan fingerprint density at radius 2 is 1.69 bits per heavy atom. The van der Waals surface area contributed by atoms with Crippen LogP contribution < -0.4 is 5.43 Å². The summed E-state index contributed by atoms with van der Waals surface area (Å²) < 4.78 is 38.4. The molecule has 26 heavy (non-hydrogen) atoms. The predicted molar refractivity (Wildman–Crippen MR) is 86.8 cm³/mol. The second-order valence-corrected chi connectivity index (χ2v) is 6.36. The molecule has 0 spiro atoms. The number of carbonyl (C=O) groups is 1. The Hall–Kier alpha value is -3.14. The number of nitrogens with zero attached hydrogens (tertiary/aromatic N) is 2. The molecule has 3 atom stereocenters. The molecule has 1 fully saturated rings. The lowest BCUT2D eigenvalue weighted by molar-refractivity contribution is -0.137. The SMILES string of the molecule is N#C[C@@]12C(=O)NN=C(c3ccccc3)[C@@H]1[C@H]2c1ccc(C(F)(F)F)cc1. The van der Waals surface area contributed by atoms with Crippen molar-refractivity contribution in [2.45, 2.75) is 12.1 Å². The van der Waals surface area contributed by atoms with E-state index in [0.29, 0.717) is 11.3 Å². The standard InChI is InChI=1S/C19H12F3N3O/c20-19(21,22)13-8-6-11(7-9-13)14-15-16(12-4-2-1-3-5-12)24-25-17(26)18(14,15)10-23/h1-9,14-15H,(H,25,26)/t14-,15+,18+/m1/s1. The van der Waals surface area contributed by atoms with Crippen LogP contribution in [0.5, 0.6) is 0 Å². The summed E-state index contributed by atoms with van der Waals surface area (Å²) in [6, 6.07) is 15.8. The van der Waals surface area contributed by atoms with E-state index in [1.54, 1.807) is 0 Å². The molecule has 7 heteroatoms. The molecule has 2 aromatic rings. The van der Waals surface area contributed by atoms with Crippen molar-refractivity contribution in [3.8, 4) is 6.07 Å². The van der Waals surface area contributed by atoms with E-state index in [9.17, 15) is 23.2 Å². The fourth-order valence-electron chi connectivity index (χ4n) is 3.69. The van der Waals surface area contributed by atoms with Crippen molar-refractivity contribution in [1.82, 2.24) is 5.43 Å². The van der Waals surface area contributed by atoms with Gasteiger partial charge in [-0.3, -0.25) is 4.79 Å². The molecule has 0 radical (unpaired) electrons. The van der Waals surface area contributed by atoms with Crippen LogP contribution in [0.25, 0.3) is 0 Å². The van der Waals surface area contributed by atoms with Crippen molar-refractivity contribution in [2.24, 2.45) is 16.4 Å². The minimum atomic E-state index is -4.43. The molecule has 1 heterocycles. The first-order valence-corrected chi connectivity index (χ1v) is 7.91. The van der Waals surface area contributed by atoms with Gasteiger partial charge >= 0.3 is 6.18 Å². The third kappa shape index (κ3) is 2.22. The fraction of sp³-hybridized carbons (Fsp3) is 0.211. The van der Waals surface area contributed by atoms with Gasteiger partial charge in [0.25, 0.3) is 5.91 Å². The minimum absolute atomic E-state index is 0.486. The maximum absolute atomic E-state index is 12.8. The summed E-state index contributed by atoms with van der Waals surface area (Å²) in [5.41, 5.74) is 2.14. The van der Waals surface area contributed by atoms with Crippen LogP contribution in [0.1, 0.15) is 22.6 Å². The topological polar surface area (TPSA) is 65.2 Å². The molecule has 0 saturated heterocycles. The molecular formula is C19H12F3N3O. The van der Waals surface area contributed by atoms with Crippen LogP contribution in [0.15, 0.2) is 59.7 Å². The van der Waals surface area contributed by atoms with Gasteiger partial charge in [0.1, 0.15) is 0 Å². The zero-order chi connectivity index (χ0) is 18.5. The maximum atomic E-state index is 12.8. The normalized spacial score (nSPS) is 27.0. The Bertz CT molecular complexity index is 945. The summed E-state index contributed by atoms with van der Waals surface area (Å²) in [5, 5.41) is 13.8. The molecule has 2 aromatic carbocycles. The number of hydrogen-bond donors (Lipinski definition) is 1. The van der Waals surface area contributed by atoms with E-state index < -0.39 is 34.9 Å². The summed E-state index contributed by atoms with van der Waals surface area (Å²) in [4.78, 5) is 12.4. The molecule has 1 aliphatic heterocycles. The van der Waals surface area contributed by atoms with Crippen LogP contribution in [-0.4, -0.2) is 11.6 Å². The third-order valence-electron chi connectivity index (χ3n) is 5.01. The monoisotopic (exact) mass is 355 g/mol. The highest BCUT2D eigenvalue weighted by Crippen LogP contribution is 2.67. The average molecular weight is 355 g/mol. The summed E-state index contributed by atoms with van der Waals surface area (Å²) >= 11 is 0. The summed E-state index contributed by atoms with van der Waals surface area (Å²) in [7, 11) is 0. The zero-order valence-electron chi connectivity index (χ0n) is 13.3. The van der Waals surface area contributed by atoms with Gasteiger partial charge in [-0.2, -0.15) is 23.5 Å². The molecule has 1 N–H and O–H groups in total. The number of nitrogens with one attached hydrogen (secondary N) is 1. The Labute approximate surface area is 146 Å². The molecule has 1 saturated carbocycles.